The molecule has 1 heterocycles. The van der Waals surface area contributed by atoms with Crippen LogP contribution < -0.4 is 19.7 Å². The molecule has 0 bridgehead atoms. The summed E-state index contributed by atoms with van der Waals surface area (Å²) < 4.78 is 36.6. The largest absolute Gasteiger partial charge is 0.497 e. The molecule has 2 aromatic rings. The molecule has 2 aromatic carbocycles. The van der Waals surface area contributed by atoms with Gasteiger partial charge in [0.25, 0.3) is 5.91 Å². The number of halogens is 2. The highest BCUT2D eigenvalue weighted by atomic mass is 19.1. The van der Waals surface area contributed by atoms with E-state index in [-0.39, 0.29) is 18.1 Å². The minimum absolute atomic E-state index is 0.126. The Morgan fingerprint density at radius 3 is 2.81 bits per heavy atom. The number of rotatable bonds is 6. The summed E-state index contributed by atoms with van der Waals surface area (Å²) in [6.07, 6.45) is 0.147. The summed E-state index contributed by atoms with van der Waals surface area (Å²) in [5.41, 5.74) is 0.681. The zero-order valence-electron chi connectivity index (χ0n) is 14.6. The Morgan fingerprint density at radius 1 is 1.26 bits per heavy atom. The molecule has 1 atom stereocenters. The molecule has 0 aliphatic carbocycles. The highest BCUT2D eigenvalue weighted by Gasteiger charge is 2.31. The maximum atomic E-state index is 13.5. The van der Waals surface area contributed by atoms with Crippen molar-refractivity contribution in [1.82, 2.24) is 5.32 Å². The number of hydrogen-bond acceptors (Lipinski definition) is 4. The molecule has 1 fully saturated rings. The molecule has 0 unspecified atom stereocenters. The van der Waals surface area contributed by atoms with Crippen molar-refractivity contribution in [2.24, 2.45) is 0 Å². The lowest BCUT2D eigenvalue weighted by atomic mass is 10.2. The number of nitrogens with zero attached hydrogens (tertiary/aromatic N) is 1. The molecular weight excluding hydrogens is 358 g/mol. The lowest BCUT2D eigenvalue weighted by Gasteiger charge is -2.18. The number of methoxy groups -OCH3 is 1. The molecule has 0 saturated carbocycles. The minimum atomic E-state index is -0.886. The van der Waals surface area contributed by atoms with E-state index in [4.69, 9.17) is 9.47 Å². The number of nitrogens with one attached hydrogen (secondary N) is 1. The van der Waals surface area contributed by atoms with Gasteiger partial charge in [0.1, 0.15) is 11.6 Å². The first-order valence-electron chi connectivity index (χ1n) is 8.28. The fourth-order valence-electron chi connectivity index (χ4n) is 2.84. The van der Waals surface area contributed by atoms with Crippen molar-refractivity contribution >= 4 is 17.5 Å². The second kappa shape index (κ2) is 8.03. The van der Waals surface area contributed by atoms with Crippen molar-refractivity contribution in [2.45, 2.75) is 12.5 Å². The van der Waals surface area contributed by atoms with E-state index in [0.717, 1.165) is 12.1 Å². The van der Waals surface area contributed by atoms with E-state index < -0.39 is 30.2 Å². The van der Waals surface area contributed by atoms with Gasteiger partial charge in [0.05, 0.1) is 13.2 Å². The summed E-state index contributed by atoms with van der Waals surface area (Å²) in [7, 11) is 1.54. The van der Waals surface area contributed by atoms with E-state index in [1.54, 1.807) is 29.2 Å². The highest BCUT2D eigenvalue weighted by molar-refractivity contribution is 5.97. The SMILES string of the molecule is COc1cccc(N2C[C@H](NC(=O)COc3ccc(F)cc3F)CC2=O)c1. The Bertz CT molecular complexity index is 859. The molecule has 1 saturated heterocycles. The second-order valence-electron chi connectivity index (χ2n) is 6.04. The lowest BCUT2D eigenvalue weighted by molar-refractivity contribution is -0.123. The van der Waals surface area contributed by atoms with E-state index in [1.165, 1.54) is 7.11 Å². The molecule has 0 aromatic heterocycles. The Kier molecular flexibility index (Phi) is 5.54. The van der Waals surface area contributed by atoms with Gasteiger partial charge in [-0.15, -0.1) is 0 Å². The van der Waals surface area contributed by atoms with Gasteiger partial charge in [0, 0.05) is 30.8 Å². The molecular formula is C19H18F2N2O4. The van der Waals surface area contributed by atoms with Crippen LogP contribution in [0.2, 0.25) is 0 Å². The lowest BCUT2D eigenvalue weighted by Crippen LogP contribution is -2.39. The average Bonchev–Trinajstić information content (AvgIpc) is 3.01. The van der Waals surface area contributed by atoms with Gasteiger partial charge in [-0.05, 0) is 24.3 Å². The normalized spacial score (nSPS) is 16.3. The van der Waals surface area contributed by atoms with Crippen LogP contribution >= 0.6 is 0 Å². The first kappa shape index (κ1) is 18.6. The number of hydrogen-bond donors (Lipinski definition) is 1. The number of anilines is 1. The molecule has 6 nitrogen and oxygen atoms in total. The standard InChI is InChI=1S/C19H18F2N2O4/c1-26-15-4-2-3-14(9-15)23-10-13(8-19(23)25)22-18(24)11-27-17-6-5-12(20)7-16(17)21/h2-7,9,13H,8,10-11H2,1H3,(H,22,24)/t13-/m1/s1. The van der Waals surface area contributed by atoms with Gasteiger partial charge < -0.3 is 19.7 Å². The monoisotopic (exact) mass is 376 g/mol. The van der Waals surface area contributed by atoms with E-state index >= 15 is 0 Å². The van der Waals surface area contributed by atoms with E-state index in [2.05, 4.69) is 5.32 Å². The van der Waals surface area contributed by atoms with Crippen LogP contribution in [0.1, 0.15) is 6.42 Å². The third kappa shape index (κ3) is 4.52. The number of amides is 2. The van der Waals surface area contributed by atoms with E-state index in [9.17, 15) is 18.4 Å². The first-order valence-corrected chi connectivity index (χ1v) is 8.28. The molecule has 1 aliphatic rings. The van der Waals surface area contributed by atoms with Crippen LogP contribution in [-0.2, 0) is 9.59 Å². The molecule has 27 heavy (non-hydrogen) atoms. The van der Waals surface area contributed by atoms with Gasteiger partial charge in [-0.3, -0.25) is 9.59 Å². The number of carbonyl (C=O) groups excluding carboxylic acids is 2. The number of carbonyl (C=O) groups is 2. The van der Waals surface area contributed by atoms with Crippen LogP contribution in [0, 0.1) is 11.6 Å². The first-order chi connectivity index (χ1) is 13.0. The summed E-state index contributed by atoms with van der Waals surface area (Å²) in [6, 6.07) is 9.51. The van der Waals surface area contributed by atoms with Gasteiger partial charge in [-0.2, -0.15) is 0 Å². The average molecular weight is 376 g/mol. The van der Waals surface area contributed by atoms with E-state index in [0.29, 0.717) is 24.0 Å². The van der Waals surface area contributed by atoms with Crippen molar-refractivity contribution in [2.75, 3.05) is 25.2 Å². The van der Waals surface area contributed by atoms with Crippen molar-refractivity contribution in [1.29, 1.82) is 0 Å². The quantitative estimate of drug-likeness (QED) is 0.840. The van der Waals surface area contributed by atoms with Crippen molar-refractivity contribution in [3.8, 4) is 11.5 Å². The molecule has 0 radical (unpaired) electrons. The van der Waals surface area contributed by atoms with Gasteiger partial charge in [-0.25, -0.2) is 8.78 Å². The molecule has 3 rings (SSSR count). The summed E-state index contributed by atoms with van der Waals surface area (Å²) in [5.74, 6) is -1.83. The van der Waals surface area contributed by atoms with Gasteiger partial charge in [-0.1, -0.05) is 6.07 Å². The Labute approximate surface area is 154 Å². The number of ether oxygens (including phenoxy) is 2. The zero-order valence-corrected chi connectivity index (χ0v) is 14.6. The summed E-state index contributed by atoms with van der Waals surface area (Å²) in [6.45, 7) is -0.130. The van der Waals surface area contributed by atoms with Crippen LogP contribution in [-0.4, -0.2) is 38.1 Å². The predicted molar refractivity (Wildman–Crippen MR) is 93.7 cm³/mol. The van der Waals surface area contributed by atoms with Crippen LogP contribution in [0.25, 0.3) is 0 Å². The predicted octanol–water partition coefficient (Wildman–Crippen LogP) is 2.27. The fourth-order valence-corrected chi connectivity index (χ4v) is 2.84. The summed E-state index contributed by atoms with van der Waals surface area (Å²) >= 11 is 0. The van der Waals surface area contributed by atoms with Crippen molar-refractivity contribution in [3.05, 3.63) is 54.1 Å². The maximum Gasteiger partial charge on any atom is 0.258 e. The Morgan fingerprint density at radius 2 is 2.07 bits per heavy atom. The minimum Gasteiger partial charge on any atom is -0.497 e. The second-order valence-corrected chi connectivity index (χ2v) is 6.04. The van der Waals surface area contributed by atoms with Crippen LogP contribution in [0.15, 0.2) is 42.5 Å². The maximum absolute atomic E-state index is 13.5. The topological polar surface area (TPSA) is 67.9 Å². The van der Waals surface area contributed by atoms with Gasteiger partial charge >= 0.3 is 0 Å². The van der Waals surface area contributed by atoms with Crippen molar-refractivity contribution in [3.63, 3.8) is 0 Å². The Balaban J connectivity index is 1.55. The van der Waals surface area contributed by atoms with Crippen LogP contribution in [0.4, 0.5) is 14.5 Å². The highest BCUT2D eigenvalue weighted by Crippen LogP contribution is 2.25. The fraction of sp³-hybridized carbons (Fsp3) is 0.263. The van der Waals surface area contributed by atoms with Gasteiger partial charge in [0.15, 0.2) is 18.2 Å². The third-order valence-electron chi connectivity index (χ3n) is 4.11. The zero-order chi connectivity index (χ0) is 19.4. The molecule has 2 amide bonds. The van der Waals surface area contributed by atoms with Crippen LogP contribution in [0.5, 0.6) is 11.5 Å². The molecule has 8 heteroatoms. The molecule has 1 N–H and O–H groups in total. The molecule has 142 valence electrons. The smallest absolute Gasteiger partial charge is 0.258 e. The summed E-state index contributed by atoms with van der Waals surface area (Å²) in [5, 5.41) is 2.68. The van der Waals surface area contributed by atoms with Crippen molar-refractivity contribution < 1.29 is 27.8 Å². The third-order valence-corrected chi connectivity index (χ3v) is 4.11. The Hall–Kier alpha value is -3.16. The number of benzene rings is 2. The van der Waals surface area contributed by atoms with E-state index in [1.807, 2.05) is 0 Å². The van der Waals surface area contributed by atoms with Gasteiger partial charge in [0.2, 0.25) is 5.91 Å². The molecule has 1 aliphatic heterocycles. The summed E-state index contributed by atoms with van der Waals surface area (Å²) in [4.78, 5) is 25.8. The van der Waals surface area contributed by atoms with Crippen LogP contribution in [0.3, 0.4) is 0 Å². The molecule has 0 spiro atoms.